The molecule has 6 heteroatoms. The standard InChI is InChI=1S/C28H29ClN2O3/c1-18(2)14-15-30-28(34)23-12-13-24(29)25(17-23)31-27(33)19(3)21-10-7-11-22(16-21)26(32)20-8-5-4-6-9-20/h4-13,16-19H,14-15H2,1-3H3,(H,30,34)(H,31,33)/t19-/m1/s1. The third kappa shape index (κ3) is 6.55. The second-order valence-corrected chi connectivity index (χ2v) is 9.07. The van der Waals surface area contributed by atoms with Crippen LogP contribution in [0.5, 0.6) is 0 Å². The first-order valence-corrected chi connectivity index (χ1v) is 11.7. The van der Waals surface area contributed by atoms with E-state index >= 15 is 0 Å². The SMILES string of the molecule is CC(C)CCNC(=O)c1ccc(Cl)c(NC(=O)[C@H](C)c2cccc(C(=O)c3ccccc3)c2)c1. The number of ketones is 1. The molecule has 0 spiro atoms. The fourth-order valence-electron chi connectivity index (χ4n) is 3.44. The van der Waals surface area contributed by atoms with Crippen molar-refractivity contribution in [2.24, 2.45) is 5.92 Å². The molecule has 0 aromatic heterocycles. The molecule has 3 aromatic rings. The van der Waals surface area contributed by atoms with Crippen molar-refractivity contribution in [3.05, 3.63) is 100 Å². The molecule has 0 aliphatic heterocycles. The van der Waals surface area contributed by atoms with Crippen molar-refractivity contribution >= 4 is 34.9 Å². The van der Waals surface area contributed by atoms with Crippen LogP contribution in [0.25, 0.3) is 0 Å². The Hall–Kier alpha value is -3.44. The van der Waals surface area contributed by atoms with Crippen LogP contribution in [0.2, 0.25) is 5.02 Å². The molecule has 0 aliphatic carbocycles. The van der Waals surface area contributed by atoms with Crippen LogP contribution >= 0.6 is 11.6 Å². The Labute approximate surface area is 205 Å². The van der Waals surface area contributed by atoms with Gasteiger partial charge in [-0.3, -0.25) is 14.4 Å². The molecule has 0 radical (unpaired) electrons. The van der Waals surface area contributed by atoms with Crippen molar-refractivity contribution < 1.29 is 14.4 Å². The molecule has 2 N–H and O–H groups in total. The molecule has 0 bridgehead atoms. The zero-order chi connectivity index (χ0) is 24.7. The minimum atomic E-state index is -0.539. The van der Waals surface area contributed by atoms with Crippen LogP contribution in [0.4, 0.5) is 5.69 Å². The number of carbonyl (C=O) groups excluding carboxylic acids is 3. The van der Waals surface area contributed by atoms with E-state index in [0.717, 1.165) is 6.42 Å². The summed E-state index contributed by atoms with van der Waals surface area (Å²) < 4.78 is 0. The van der Waals surface area contributed by atoms with Gasteiger partial charge < -0.3 is 10.6 Å². The quantitative estimate of drug-likeness (QED) is 0.367. The van der Waals surface area contributed by atoms with Crippen molar-refractivity contribution in [1.82, 2.24) is 5.32 Å². The highest BCUT2D eigenvalue weighted by molar-refractivity contribution is 6.34. The summed E-state index contributed by atoms with van der Waals surface area (Å²) in [6, 6.07) is 20.9. The largest absolute Gasteiger partial charge is 0.352 e. The van der Waals surface area contributed by atoms with Gasteiger partial charge in [0.25, 0.3) is 5.91 Å². The molecule has 176 valence electrons. The second kappa shape index (κ2) is 11.6. The van der Waals surface area contributed by atoms with Gasteiger partial charge in [0.15, 0.2) is 5.78 Å². The van der Waals surface area contributed by atoms with E-state index in [4.69, 9.17) is 11.6 Å². The van der Waals surface area contributed by atoms with Gasteiger partial charge in [-0.05, 0) is 49.1 Å². The van der Waals surface area contributed by atoms with Crippen LogP contribution in [-0.2, 0) is 4.79 Å². The van der Waals surface area contributed by atoms with Crippen LogP contribution in [0, 0.1) is 5.92 Å². The van der Waals surface area contributed by atoms with Crippen LogP contribution in [-0.4, -0.2) is 24.1 Å². The van der Waals surface area contributed by atoms with Crippen molar-refractivity contribution in [1.29, 1.82) is 0 Å². The van der Waals surface area contributed by atoms with E-state index in [-0.39, 0.29) is 17.6 Å². The molecule has 0 saturated carbocycles. The van der Waals surface area contributed by atoms with Gasteiger partial charge in [0.2, 0.25) is 5.91 Å². The van der Waals surface area contributed by atoms with Gasteiger partial charge in [0, 0.05) is 23.2 Å². The average molecular weight is 477 g/mol. The molecule has 34 heavy (non-hydrogen) atoms. The number of nitrogens with one attached hydrogen (secondary N) is 2. The molecule has 1 atom stereocenters. The second-order valence-electron chi connectivity index (χ2n) is 8.66. The average Bonchev–Trinajstić information content (AvgIpc) is 2.84. The fraction of sp³-hybridized carbons (Fsp3) is 0.250. The van der Waals surface area contributed by atoms with Gasteiger partial charge in [-0.2, -0.15) is 0 Å². The Balaban J connectivity index is 1.72. The molecule has 5 nitrogen and oxygen atoms in total. The predicted molar refractivity (Wildman–Crippen MR) is 137 cm³/mol. The number of rotatable bonds is 9. The fourth-order valence-corrected chi connectivity index (χ4v) is 3.60. The molecular formula is C28H29ClN2O3. The van der Waals surface area contributed by atoms with E-state index in [9.17, 15) is 14.4 Å². The number of halogens is 1. The minimum Gasteiger partial charge on any atom is -0.352 e. The number of hydrogen-bond acceptors (Lipinski definition) is 3. The maximum absolute atomic E-state index is 13.0. The van der Waals surface area contributed by atoms with Crippen LogP contribution < -0.4 is 10.6 Å². The van der Waals surface area contributed by atoms with Crippen LogP contribution in [0.1, 0.15) is 65.0 Å². The number of anilines is 1. The van der Waals surface area contributed by atoms with E-state index in [1.165, 1.54) is 0 Å². The van der Waals surface area contributed by atoms with E-state index in [0.29, 0.717) is 45.4 Å². The Kier molecular flexibility index (Phi) is 8.61. The molecular weight excluding hydrogens is 448 g/mol. The molecule has 0 saturated heterocycles. The number of amides is 2. The highest BCUT2D eigenvalue weighted by atomic mass is 35.5. The van der Waals surface area contributed by atoms with Crippen LogP contribution in [0.15, 0.2) is 72.8 Å². The lowest BCUT2D eigenvalue weighted by atomic mass is 9.95. The normalized spacial score (nSPS) is 11.7. The Bertz CT molecular complexity index is 1180. The topological polar surface area (TPSA) is 75.3 Å². The molecule has 0 aliphatic rings. The summed E-state index contributed by atoms with van der Waals surface area (Å²) in [4.78, 5) is 38.2. The summed E-state index contributed by atoms with van der Waals surface area (Å²) in [6.07, 6.45) is 0.881. The molecule has 2 amide bonds. The molecule has 0 fully saturated rings. The van der Waals surface area contributed by atoms with Gasteiger partial charge in [-0.15, -0.1) is 0 Å². The van der Waals surface area contributed by atoms with Gasteiger partial charge in [0.1, 0.15) is 0 Å². The lowest BCUT2D eigenvalue weighted by Gasteiger charge is -2.15. The lowest BCUT2D eigenvalue weighted by molar-refractivity contribution is -0.117. The van der Waals surface area contributed by atoms with E-state index in [2.05, 4.69) is 24.5 Å². The van der Waals surface area contributed by atoms with Crippen molar-refractivity contribution in [2.75, 3.05) is 11.9 Å². The molecule has 3 aromatic carbocycles. The Morgan fingerprint density at radius 2 is 1.53 bits per heavy atom. The van der Waals surface area contributed by atoms with E-state index in [1.54, 1.807) is 55.5 Å². The van der Waals surface area contributed by atoms with Crippen molar-refractivity contribution in [3.63, 3.8) is 0 Å². The Morgan fingerprint density at radius 1 is 0.824 bits per heavy atom. The first-order valence-electron chi connectivity index (χ1n) is 11.3. The van der Waals surface area contributed by atoms with Gasteiger partial charge in [-0.1, -0.05) is 74.0 Å². The highest BCUT2D eigenvalue weighted by Crippen LogP contribution is 2.26. The Morgan fingerprint density at radius 3 is 2.24 bits per heavy atom. The first-order chi connectivity index (χ1) is 16.3. The number of hydrogen-bond donors (Lipinski definition) is 2. The third-order valence-electron chi connectivity index (χ3n) is 5.57. The molecule has 0 unspecified atom stereocenters. The monoisotopic (exact) mass is 476 g/mol. The van der Waals surface area contributed by atoms with Gasteiger partial charge >= 0.3 is 0 Å². The summed E-state index contributed by atoms with van der Waals surface area (Å²) in [7, 11) is 0. The van der Waals surface area contributed by atoms with Gasteiger partial charge in [-0.25, -0.2) is 0 Å². The first kappa shape index (κ1) is 25.2. The smallest absolute Gasteiger partial charge is 0.251 e. The number of carbonyl (C=O) groups is 3. The number of benzene rings is 3. The third-order valence-corrected chi connectivity index (χ3v) is 5.90. The predicted octanol–water partition coefficient (Wildman–Crippen LogP) is 6.09. The van der Waals surface area contributed by atoms with E-state index in [1.807, 2.05) is 24.3 Å². The molecule has 0 heterocycles. The zero-order valence-corrected chi connectivity index (χ0v) is 20.4. The van der Waals surface area contributed by atoms with Crippen LogP contribution in [0.3, 0.4) is 0 Å². The molecule has 3 rings (SSSR count). The summed E-state index contributed by atoms with van der Waals surface area (Å²) in [5, 5.41) is 6.05. The lowest BCUT2D eigenvalue weighted by Crippen LogP contribution is -2.25. The van der Waals surface area contributed by atoms with Crippen molar-refractivity contribution in [2.45, 2.75) is 33.1 Å². The zero-order valence-electron chi connectivity index (χ0n) is 19.6. The summed E-state index contributed by atoms with van der Waals surface area (Å²) in [5.74, 6) is -0.655. The van der Waals surface area contributed by atoms with Gasteiger partial charge in [0.05, 0.1) is 16.6 Å². The van der Waals surface area contributed by atoms with E-state index < -0.39 is 5.92 Å². The maximum Gasteiger partial charge on any atom is 0.251 e. The summed E-state index contributed by atoms with van der Waals surface area (Å²) in [5.41, 5.74) is 2.60. The minimum absolute atomic E-state index is 0.103. The maximum atomic E-state index is 13.0. The summed E-state index contributed by atoms with van der Waals surface area (Å²) >= 11 is 6.29. The summed E-state index contributed by atoms with van der Waals surface area (Å²) in [6.45, 7) is 6.53. The highest BCUT2D eigenvalue weighted by Gasteiger charge is 2.19. The van der Waals surface area contributed by atoms with Crippen molar-refractivity contribution in [3.8, 4) is 0 Å².